The molecule has 0 amide bonds. The maximum atomic E-state index is 12.3. The van der Waals surface area contributed by atoms with Crippen LogP contribution >= 0.6 is 15.9 Å². The molecule has 0 aliphatic heterocycles. The molecule has 0 aliphatic carbocycles. The molecule has 1 aromatic heterocycles. The number of halogens is 4. The Morgan fingerprint density at radius 2 is 2.00 bits per heavy atom. The molecule has 1 rings (SSSR count). The van der Waals surface area contributed by atoms with Gasteiger partial charge in [-0.05, 0) is 22.4 Å². The second-order valence-electron chi connectivity index (χ2n) is 2.58. The van der Waals surface area contributed by atoms with Gasteiger partial charge in [-0.15, -0.1) is 0 Å². The van der Waals surface area contributed by atoms with E-state index in [-0.39, 0.29) is 4.47 Å². The van der Waals surface area contributed by atoms with Crippen molar-refractivity contribution >= 4 is 15.9 Å². The highest BCUT2D eigenvalue weighted by Gasteiger charge is 2.37. The monoisotopic (exact) mass is 256 g/mol. The minimum Gasteiger partial charge on any atom is -0.271 e. The van der Waals surface area contributed by atoms with Crippen molar-refractivity contribution in [2.75, 3.05) is 0 Å². The van der Waals surface area contributed by atoms with E-state index in [0.717, 1.165) is 0 Å². The van der Waals surface area contributed by atoms with Crippen LogP contribution in [0.5, 0.6) is 0 Å². The van der Waals surface area contributed by atoms with Crippen LogP contribution in [0.1, 0.15) is 18.3 Å². The summed E-state index contributed by atoms with van der Waals surface area (Å²) < 4.78 is 38.1. The molecule has 13 heavy (non-hydrogen) atoms. The number of nitrogens with zero attached hydrogens (tertiary/aromatic N) is 2. The minimum absolute atomic E-state index is 0.0463. The smallest absolute Gasteiger partial charge is 0.271 e. The lowest BCUT2D eigenvalue weighted by Gasteiger charge is -2.01. The fourth-order valence-corrected chi connectivity index (χ4v) is 1.94. The van der Waals surface area contributed by atoms with E-state index in [1.165, 1.54) is 11.7 Å². The van der Waals surface area contributed by atoms with Crippen LogP contribution in [0.2, 0.25) is 0 Å². The quantitative estimate of drug-likeness (QED) is 0.756. The van der Waals surface area contributed by atoms with E-state index in [1.807, 2.05) is 0 Å². The molecule has 0 bridgehead atoms. The number of alkyl halides is 3. The molecule has 2 nitrogen and oxygen atoms in total. The molecule has 0 unspecified atom stereocenters. The van der Waals surface area contributed by atoms with Crippen molar-refractivity contribution in [2.45, 2.75) is 19.5 Å². The highest BCUT2D eigenvalue weighted by molar-refractivity contribution is 9.10. The van der Waals surface area contributed by atoms with Gasteiger partial charge in [-0.2, -0.15) is 18.3 Å². The van der Waals surface area contributed by atoms with Gasteiger partial charge in [0.05, 0.1) is 10.2 Å². The highest BCUT2D eigenvalue weighted by atomic mass is 79.9. The summed E-state index contributed by atoms with van der Waals surface area (Å²) in [5, 5.41) is 3.40. The van der Waals surface area contributed by atoms with E-state index in [0.29, 0.717) is 12.1 Å². The van der Waals surface area contributed by atoms with Gasteiger partial charge in [0.25, 0.3) is 0 Å². The topological polar surface area (TPSA) is 17.8 Å². The Morgan fingerprint density at radius 1 is 1.46 bits per heavy atom. The molecule has 0 saturated carbocycles. The summed E-state index contributed by atoms with van der Waals surface area (Å²) in [4.78, 5) is 0. The van der Waals surface area contributed by atoms with Gasteiger partial charge in [-0.25, -0.2) is 0 Å². The highest BCUT2D eigenvalue weighted by Crippen LogP contribution is 2.35. The van der Waals surface area contributed by atoms with Crippen LogP contribution in [0.25, 0.3) is 0 Å². The average molecular weight is 257 g/mol. The van der Waals surface area contributed by atoms with Crippen molar-refractivity contribution in [3.8, 4) is 0 Å². The third kappa shape index (κ3) is 1.87. The zero-order valence-corrected chi connectivity index (χ0v) is 8.70. The van der Waals surface area contributed by atoms with Crippen molar-refractivity contribution in [1.29, 1.82) is 0 Å². The predicted molar refractivity (Wildman–Crippen MR) is 45.3 cm³/mol. The van der Waals surface area contributed by atoms with Gasteiger partial charge in [-0.1, -0.05) is 6.92 Å². The van der Waals surface area contributed by atoms with Crippen molar-refractivity contribution in [3.05, 3.63) is 15.9 Å². The lowest BCUT2D eigenvalue weighted by molar-refractivity contribution is -0.142. The summed E-state index contributed by atoms with van der Waals surface area (Å²) in [5.41, 5.74) is -0.306. The molecule has 0 aliphatic rings. The Kier molecular flexibility index (Phi) is 2.70. The minimum atomic E-state index is -4.38. The summed E-state index contributed by atoms with van der Waals surface area (Å²) in [5.74, 6) is 0. The van der Waals surface area contributed by atoms with Crippen molar-refractivity contribution in [3.63, 3.8) is 0 Å². The van der Waals surface area contributed by atoms with Gasteiger partial charge in [-0.3, -0.25) is 4.68 Å². The molecule has 1 aromatic rings. The second-order valence-corrected chi connectivity index (χ2v) is 3.38. The Hall–Kier alpha value is -0.520. The van der Waals surface area contributed by atoms with Crippen molar-refractivity contribution in [1.82, 2.24) is 9.78 Å². The number of aromatic nitrogens is 2. The van der Waals surface area contributed by atoms with Crippen molar-refractivity contribution in [2.24, 2.45) is 7.05 Å². The summed E-state index contributed by atoms with van der Waals surface area (Å²) in [6, 6.07) is 0. The summed E-state index contributed by atoms with van der Waals surface area (Å²) >= 11 is 2.89. The SMILES string of the molecule is CCc1c(Br)c(C(F)(F)F)nn1C. The maximum absolute atomic E-state index is 12.3. The van der Waals surface area contributed by atoms with Crippen molar-refractivity contribution < 1.29 is 13.2 Å². The number of aryl methyl sites for hydroxylation is 1. The molecule has 0 spiro atoms. The van der Waals surface area contributed by atoms with Gasteiger partial charge in [0.1, 0.15) is 0 Å². The van der Waals surface area contributed by atoms with Crippen LogP contribution < -0.4 is 0 Å². The lowest BCUT2D eigenvalue weighted by Crippen LogP contribution is -2.07. The molecule has 0 atom stereocenters. The van der Waals surface area contributed by atoms with E-state index >= 15 is 0 Å². The first kappa shape index (κ1) is 10.6. The second kappa shape index (κ2) is 3.32. The maximum Gasteiger partial charge on any atom is 0.436 e. The first-order chi connectivity index (χ1) is 5.88. The van der Waals surface area contributed by atoms with Gasteiger partial charge in [0, 0.05) is 7.05 Å². The molecule has 0 saturated heterocycles. The van der Waals surface area contributed by atoms with Crippen LogP contribution in [0.3, 0.4) is 0 Å². The lowest BCUT2D eigenvalue weighted by atomic mass is 10.3. The zero-order valence-electron chi connectivity index (χ0n) is 7.11. The number of hydrogen-bond donors (Lipinski definition) is 0. The molecule has 0 N–H and O–H groups in total. The normalized spacial score (nSPS) is 12.2. The molecule has 1 heterocycles. The third-order valence-electron chi connectivity index (χ3n) is 1.71. The van der Waals surface area contributed by atoms with Crippen LogP contribution in [-0.4, -0.2) is 9.78 Å². The fourth-order valence-electron chi connectivity index (χ4n) is 1.10. The molecular weight excluding hydrogens is 249 g/mol. The van der Waals surface area contributed by atoms with E-state index in [2.05, 4.69) is 21.0 Å². The van der Waals surface area contributed by atoms with Crippen LogP contribution in [-0.2, 0) is 19.6 Å². The standard InChI is InChI=1S/C7H8BrF3N2/c1-3-4-5(8)6(7(9,10)11)12-13(4)2/h3H2,1-2H3. The molecule has 6 heteroatoms. The van der Waals surface area contributed by atoms with E-state index in [4.69, 9.17) is 0 Å². The predicted octanol–water partition coefficient (Wildman–Crippen LogP) is 2.76. The fraction of sp³-hybridized carbons (Fsp3) is 0.571. The Labute approximate surface area is 81.9 Å². The first-order valence-electron chi connectivity index (χ1n) is 3.66. The van der Waals surface area contributed by atoms with Gasteiger partial charge in [0.15, 0.2) is 5.69 Å². The van der Waals surface area contributed by atoms with Gasteiger partial charge < -0.3 is 0 Å². The number of hydrogen-bond acceptors (Lipinski definition) is 1. The van der Waals surface area contributed by atoms with Crippen LogP contribution in [0, 0.1) is 0 Å². The molecule has 0 fully saturated rings. The summed E-state index contributed by atoms with van der Waals surface area (Å²) in [6.07, 6.45) is -3.87. The largest absolute Gasteiger partial charge is 0.436 e. The first-order valence-corrected chi connectivity index (χ1v) is 4.45. The van der Waals surface area contributed by atoms with E-state index in [1.54, 1.807) is 6.92 Å². The Bertz CT molecular complexity index is 316. The van der Waals surface area contributed by atoms with E-state index in [9.17, 15) is 13.2 Å². The zero-order chi connectivity index (χ0) is 10.2. The van der Waals surface area contributed by atoms with Gasteiger partial charge >= 0.3 is 6.18 Å². The third-order valence-corrected chi connectivity index (χ3v) is 2.54. The molecule has 74 valence electrons. The summed E-state index contributed by atoms with van der Waals surface area (Å²) in [6.45, 7) is 1.78. The Morgan fingerprint density at radius 3 is 2.23 bits per heavy atom. The molecular formula is C7H8BrF3N2. The number of rotatable bonds is 1. The van der Waals surface area contributed by atoms with E-state index < -0.39 is 11.9 Å². The average Bonchev–Trinajstić information content (AvgIpc) is 2.25. The van der Waals surface area contributed by atoms with Gasteiger partial charge in [0.2, 0.25) is 0 Å². The summed E-state index contributed by atoms with van der Waals surface area (Å²) in [7, 11) is 1.50. The van der Waals surface area contributed by atoms with Crippen LogP contribution in [0.4, 0.5) is 13.2 Å². The molecule has 0 aromatic carbocycles. The van der Waals surface area contributed by atoms with Crippen LogP contribution in [0.15, 0.2) is 4.47 Å². The molecule has 0 radical (unpaired) electrons. The Balaban J connectivity index is 3.26.